The molecule has 0 unspecified atom stereocenters. The molecule has 1 aromatic carbocycles. The van der Waals surface area contributed by atoms with Crippen LogP contribution in [0, 0.1) is 5.92 Å². The van der Waals surface area contributed by atoms with Gasteiger partial charge < -0.3 is 88.7 Å². The van der Waals surface area contributed by atoms with E-state index < -0.39 is 54.0 Å². The lowest BCUT2D eigenvalue weighted by Crippen LogP contribution is -2.55. The van der Waals surface area contributed by atoms with Crippen molar-refractivity contribution in [1.82, 2.24) is 42.1 Å². The molecular weight excluding hydrogens is 1260 g/mol. The summed E-state index contributed by atoms with van der Waals surface area (Å²) in [6, 6.07) is 1.13. The molecule has 0 aromatic heterocycles. The number of likely N-dealkylation sites (N-methyl/N-ethyl adjacent to an activating group) is 1. The van der Waals surface area contributed by atoms with Crippen LogP contribution in [0.4, 0.5) is 0 Å². The number of guanidine groups is 1. The van der Waals surface area contributed by atoms with Gasteiger partial charge in [-0.3, -0.25) is 57.8 Å². The quantitative estimate of drug-likeness (QED) is 0.0252. The van der Waals surface area contributed by atoms with E-state index in [1.54, 1.807) is 19.2 Å². The second-order valence-electron chi connectivity index (χ2n) is 24.4. The fraction of sp³-hybridized carbons (Fsp3) is 0.731. The Morgan fingerprint density at radius 1 is 0.546 bits per heavy atom. The smallest absolute Gasteiger partial charge is 0.326 e. The van der Waals surface area contributed by atoms with Crippen LogP contribution < -0.4 is 54.4 Å². The largest absolute Gasteiger partial charge is 0.508 e. The standard InChI is InChI=1S/C67H116N12O18/c1-5-48(2)63(76-49(3)80)56(82)44-75-52(57(83)45-79(4)55(24-22-34-74-67(69)70)65(91)78-54(64(68)90)43-50-27-29-51(81)30-28-50)23-20-21-33-71-60(86)46-96-41-40-95-38-36-73-61(87)47-97-42-39-94-37-35-72-58(84)32-31-53(66(92)93)77-59(85)25-18-16-14-12-10-8-6-7-9-11-13-15-17-19-26-62(88)89/h27-30,48,52-55,63,75,81H,5-26,31-47H2,1-4H3,(H2,68,90)(H,71,86)(H,72,84)(H,73,87)(H,76,80)(H,77,85)(H,78,91)(H,88,89)(H,92,93)(H4,69,70,74)/t48-,52-,53-,54-,55-,63-/m0/s1. The Bertz CT molecular complexity index is 2490. The van der Waals surface area contributed by atoms with Crippen LogP contribution in [0.5, 0.6) is 5.75 Å². The summed E-state index contributed by atoms with van der Waals surface area (Å²) < 4.78 is 21.7. The second-order valence-corrected chi connectivity index (χ2v) is 24.4. The monoisotopic (exact) mass is 1380 g/mol. The molecule has 0 saturated heterocycles. The molecule has 0 aliphatic rings. The molecule has 0 fully saturated rings. The van der Waals surface area contributed by atoms with E-state index in [1.807, 2.05) is 13.8 Å². The first-order valence-electron chi connectivity index (χ1n) is 34.5. The van der Waals surface area contributed by atoms with Crippen LogP contribution in [0.25, 0.3) is 0 Å². The molecule has 1 aromatic rings. The number of hydrogen-bond donors (Lipinski definition) is 13. The lowest BCUT2D eigenvalue weighted by molar-refractivity contribution is -0.142. The number of primary amides is 1. The molecule has 16 N–H and O–H groups in total. The number of unbranched alkanes of at least 4 members (excludes halogenated alkanes) is 14. The zero-order valence-corrected chi connectivity index (χ0v) is 57.9. The lowest BCUT2D eigenvalue weighted by Gasteiger charge is -2.30. The Kier molecular flexibility index (Phi) is 50.2. The number of phenols is 1. The number of benzene rings is 1. The van der Waals surface area contributed by atoms with Crippen LogP contribution in [0.1, 0.15) is 180 Å². The third-order valence-corrected chi connectivity index (χ3v) is 16.0. The van der Waals surface area contributed by atoms with Crippen molar-refractivity contribution < 1.29 is 87.0 Å². The number of Topliss-reactive ketones (excluding diaryl/α,β-unsaturated/α-hetero) is 2. The van der Waals surface area contributed by atoms with Gasteiger partial charge in [0.25, 0.3) is 0 Å². The van der Waals surface area contributed by atoms with E-state index in [2.05, 4.69) is 42.2 Å². The molecule has 30 nitrogen and oxygen atoms in total. The maximum atomic E-state index is 14.2. The van der Waals surface area contributed by atoms with Crippen molar-refractivity contribution in [2.45, 2.75) is 212 Å². The zero-order valence-electron chi connectivity index (χ0n) is 57.9. The number of nitrogens with two attached hydrogens (primary N) is 3. The predicted octanol–water partition coefficient (Wildman–Crippen LogP) is 2.17. The number of hydrogen-bond acceptors (Lipinski definition) is 19. The third-order valence-electron chi connectivity index (χ3n) is 16.0. The van der Waals surface area contributed by atoms with E-state index in [9.17, 15) is 63.0 Å². The summed E-state index contributed by atoms with van der Waals surface area (Å²) in [5.41, 5.74) is 17.4. The fourth-order valence-electron chi connectivity index (χ4n) is 10.2. The van der Waals surface area contributed by atoms with Crippen molar-refractivity contribution in [1.29, 1.82) is 0 Å². The molecule has 6 atom stereocenters. The Hall–Kier alpha value is -7.38. The first-order valence-corrected chi connectivity index (χ1v) is 34.5. The maximum absolute atomic E-state index is 14.2. The van der Waals surface area contributed by atoms with Crippen molar-refractivity contribution >= 4 is 70.8 Å². The van der Waals surface area contributed by atoms with Crippen LogP contribution in [0.3, 0.4) is 0 Å². The number of aliphatic carboxylic acids is 2. The number of aromatic hydroxyl groups is 1. The Labute approximate surface area is 572 Å². The number of carboxylic acid groups (broad SMARTS) is 2. The highest BCUT2D eigenvalue weighted by molar-refractivity contribution is 5.93. The molecule has 0 saturated carbocycles. The minimum absolute atomic E-state index is 0.0198. The summed E-state index contributed by atoms with van der Waals surface area (Å²) in [6.07, 6.45) is 17.4. The van der Waals surface area contributed by atoms with Crippen LogP contribution in [-0.4, -0.2) is 220 Å². The number of phenolic OH excluding ortho intramolecular Hbond substituents is 1. The maximum Gasteiger partial charge on any atom is 0.326 e. The van der Waals surface area contributed by atoms with E-state index >= 15 is 0 Å². The summed E-state index contributed by atoms with van der Waals surface area (Å²) in [5, 5.41) is 47.1. The molecule has 7 amide bonds. The highest BCUT2D eigenvalue weighted by Crippen LogP contribution is 2.17. The van der Waals surface area contributed by atoms with E-state index in [-0.39, 0.29) is 196 Å². The SMILES string of the molecule is CC[C@H](C)[C@H](NC(C)=O)C(=O)CN[C@@H](CCCCNC(=O)COCCOCCNC(=O)COCCOCCNC(=O)CC[C@H](NC(=O)CCCCCCCCCCCCCCCCC(=O)O)C(=O)O)C(=O)CN(C)[C@@H](CCCN=C(N)N)C(=O)N[C@@H](Cc1ccc(O)cc1)C(N)=O. The Morgan fingerprint density at radius 3 is 1.59 bits per heavy atom. The average molecular weight is 1380 g/mol. The summed E-state index contributed by atoms with van der Waals surface area (Å²) >= 11 is 0. The Balaban J connectivity index is 2.39. The summed E-state index contributed by atoms with van der Waals surface area (Å²) in [6.45, 7) is 5.68. The summed E-state index contributed by atoms with van der Waals surface area (Å²) in [4.78, 5) is 144. The van der Waals surface area contributed by atoms with Gasteiger partial charge in [-0.25, -0.2) is 4.79 Å². The van der Waals surface area contributed by atoms with Crippen LogP contribution in [0.15, 0.2) is 29.3 Å². The lowest BCUT2D eigenvalue weighted by atomic mass is 9.94. The van der Waals surface area contributed by atoms with Crippen LogP contribution in [0.2, 0.25) is 0 Å². The number of nitrogens with zero attached hydrogens (tertiary/aromatic N) is 2. The second kappa shape index (κ2) is 55.6. The minimum Gasteiger partial charge on any atom is -0.508 e. The Morgan fingerprint density at radius 2 is 1.07 bits per heavy atom. The van der Waals surface area contributed by atoms with Crippen molar-refractivity contribution in [3.05, 3.63) is 29.8 Å². The van der Waals surface area contributed by atoms with Gasteiger partial charge in [0, 0.05) is 58.8 Å². The number of ketones is 2. The molecule has 552 valence electrons. The number of carboxylic acids is 2. The van der Waals surface area contributed by atoms with Crippen molar-refractivity contribution in [3.63, 3.8) is 0 Å². The zero-order chi connectivity index (χ0) is 72.0. The van der Waals surface area contributed by atoms with Gasteiger partial charge in [-0.1, -0.05) is 109 Å². The van der Waals surface area contributed by atoms with Gasteiger partial charge in [0.15, 0.2) is 17.5 Å². The van der Waals surface area contributed by atoms with E-state index in [1.165, 1.54) is 56.1 Å². The molecule has 97 heavy (non-hydrogen) atoms. The van der Waals surface area contributed by atoms with Crippen molar-refractivity contribution in [2.75, 3.05) is 99.2 Å². The molecule has 0 aliphatic heterocycles. The molecule has 0 spiro atoms. The van der Waals surface area contributed by atoms with Gasteiger partial charge in [-0.05, 0) is 82.0 Å². The highest BCUT2D eigenvalue weighted by atomic mass is 16.5. The van der Waals surface area contributed by atoms with Crippen LogP contribution in [-0.2, 0) is 78.1 Å². The number of amides is 7. The molecule has 1 rings (SSSR count). The number of rotatable bonds is 63. The van der Waals surface area contributed by atoms with Gasteiger partial charge in [0.1, 0.15) is 31.0 Å². The number of nitrogens with one attached hydrogen (secondary N) is 7. The number of carbonyl (C=O) groups is 11. The number of aliphatic imine (C=N–C) groups is 1. The van der Waals surface area contributed by atoms with Crippen molar-refractivity contribution in [3.8, 4) is 5.75 Å². The highest BCUT2D eigenvalue weighted by Gasteiger charge is 2.32. The van der Waals surface area contributed by atoms with Gasteiger partial charge in [0.05, 0.1) is 70.9 Å². The molecule has 0 bridgehead atoms. The predicted molar refractivity (Wildman–Crippen MR) is 365 cm³/mol. The molecule has 0 radical (unpaired) electrons. The first-order chi connectivity index (χ1) is 46.4. The normalized spacial score (nSPS) is 13.0. The fourth-order valence-corrected chi connectivity index (χ4v) is 10.2. The third kappa shape index (κ3) is 47.3. The van der Waals surface area contributed by atoms with Gasteiger partial charge >= 0.3 is 11.9 Å². The van der Waals surface area contributed by atoms with E-state index in [4.69, 9.17) is 41.3 Å². The van der Waals surface area contributed by atoms with Crippen molar-refractivity contribution in [2.24, 2.45) is 28.1 Å². The average Bonchev–Trinajstić information content (AvgIpc) is 1.71. The molecule has 0 heterocycles. The van der Waals surface area contributed by atoms with E-state index in [0.29, 0.717) is 37.7 Å². The number of carbonyl (C=O) groups excluding carboxylic acids is 9. The minimum atomic E-state index is -1.21. The van der Waals surface area contributed by atoms with Gasteiger partial charge in [-0.15, -0.1) is 0 Å². The summed E-state index contributed by atoms with van der Waals surface area (Å²) in [5.74, 6) is -6.18. The van der Waals surface area contributed by atoms with E-state index in [0.717, 1.165) is 51.4 Å². The van der Waals surface area contributed by atoms with Crippen LogP contribution >= 0.6 is 0 Å². The molecule has 30 heteroatoms. The van der Waals surface area contributed by atoms with Gasteiger partial charge in [0.2, 0.25) is 41.4 Å². The number of ether oxygens (including phenoxy) is 4. The topological polar surface area (TPSA) is 463 Å². The van der Waals surface area contributed by atoms with Gasteiger partial charge in [-0.2, -0.15) is 0 Å². The molecular formula is C67H116N12O18. The summed E-state index contributed by atoms with van der Waals surface area (Å²) in [7, 11) is 1.58. The first kappa shape index (κ1) is 87.6. The molecule has 0 aliphatic carbocycles.